The molecule has 4 nitrogen and oxygen atoms in total. The summed E-state index contributed by atoms with van der Waals surface area (Å²) in [5.41, 5.74) is 0.183. The van der Waals surface area contributed by atoms with Crippen LogP contribution in [0.5, 0.6) is 5.75 Å². The first-order valence-corrected chi connectivity index (χ1v) is 3.44. The molecule has 60 valence electrons. The molecule has 0 saturated heterocycles. The Hall–Kier alpha value is -1.84. The highest BCUT2D eigenvalue weighted by molar-refractivity contribution is 5.80. The van der Waals surface area contributed by atoms with Gasteiger partial charge in [-0.1, -0.05) is 0 Å². The molecule has 0 aliphatic heterocycles. The van der Waals surface area contributed by atoms with Gasteiger partial charge in [0, 0.05) is 12.3 Å². The van der Waals surface area contributed by atoms with E-state index in [9.17, 15) is 9.90 Å². The Morgan fingerprint density at radius 2 is 2.17 bits per heavy atom. The van der Waals surface area contributed by atoms with Crippen LogP contribution < -0.4 is 5.56 Å². The quantitative estimate of drug-likeness (QED) is 0.597. The van der Waals surface area contributed by atoms with Crippen LogP contribution in [-0.4, -0.2) is 15.1 Å². The van der Waals surface area contributed by atoms with Crippen molar-refractivity contribution in [2.75, 3.05) is 0 Å². The minimum Gasteiger partial charge on any atom is -0.507 e. The fourth-order valence-electron chi connectivity index (χ4n) is 1.04. The van der Waals surface area contributed by atoms with E-state index in [0.717, 1.165) is 0 Å². The van der Waals surface area contributed by atoms with Gasteiger partial charge < -0.3 is 10.1 Å². The summed E-state index contributed by atoms with van der Waals surface area (Å²) in [5.74, 6) is 0.122. The van der Waals surface area contributed by atoms with Gasteiger partial charge in [-0.15, -0.1) is 0 Å². The molecule has 0 saturated carbocycles. The Morgan fingerprint density at radius 1 is 1.33 bits per heavy atom. The lowest BCUT2D eigenvalue weighted by Gasteiger charge is -1.96. The predicted molar refractivity (Wildman–Crippen MR) is 44.0 cm³/mol. The lowest BCUT2D eigenvalue weighted by Crippen LogP contribution is -2.03. The average molecular weight is 162 g/mol. The Morgan fingerprint density at radius 3 is 3.00 bits per heavy atom. The van der Waals surface area contributed by atoms with E-state index in [1.807, 2.05) is 0 Å². The van der Waals surface area contributed by atoms with Gasteiger partial charge in [0.25, 0.3) is 0 Å². The van der Waals surface area contributed by atoms with Crippen LogP contribution in [0.25, 0.3) is 11.0 Å². The zero-order chi connectivity index (χ0) is 8.55. The third-order valence-electron chi connectivity index (χ3n) is 1.61. The minimum absolute atomic E-state index is 0.122. The second kappa shape index (κ2) is 2.34. The molecule has 0 fully saturated rings. The lowest BCUT2D eigenvalue weighted by atomic mass is 10.3. The fraction of sp³-hybridized carbons (Fsp3) is 0. The number of nitrogens with one attached hydrogen (secondary N) is 1. The third-order valence-corrected chi connectivity index (χ3v) is 1.61. The monoisotopic (exact) mass is 162 g/mol. The molecule has 2 N–H and O–H groups in total. The number of hydrogen-bond donors (Lipinski definition) is 2. The lowest BCUT2D eigenvalue weighted by molar-refractivity contribution is 0.481. The standard InChI is InChI=1S/C8H6N2O2/c11-6-3-4-9-8-5(6)1-2-7(12)10-8/h1-4H,(H2,9,10,11,12). The summed E-state index contributed by atoms with van der Waals surface area (Å²) < 4.78 is 0. The minimum atomic E-state index is -0.222. The fourth-order valence-corrected chi connectivity index (χ4v) is 1.04. The van der Waals surface area contributed by atoms with Crippen LogP contribution in [0.3, 0.4) is 0 Å². The molecule has 0 unspecified atom stereocenters. The largest absolute Gasteiger partial charge is 0.507 e. The summed E-state index contributed by atoms with van der Waals surface area (Å²) in [6, 6.07) is 4.36. The number of nitrogens with zero attached hydrogens (tertiary/aromatic N) is 1. The van der Waals surface area contributed by atoms with Gasteiger partial charge in [-0.3, -0.25) is 4.79 Å². The van der Waals surface area contributed by atoms with Crippen molar-refractivity contribution in [1.29, 1.82) is 0 Å². The van der Waals surface area contributed by atoms with Gasteiger partial charge in [0.1, 0.15) is 11.4 Å². The maximum atomic E-state index is 10.8. The number of H-pyrrole nitrogens is 1. The topological polar surface area (TPSA) is 66.0 Å². The van der Waals surface area contributed by atoms with Crippen molar-refractivity contribution in [2.24, 2.45) is 0 Å². The molecule has 0 radical (unpaired) electrons. The zero-order valence-electron chi connectivity index (χ0n) is 6.11. The van der Waals surface area contributed by atoms with Gasteiger partial charge in [0.05, 0.1) is 5.39 Å². The first-order chi connectivity index (χ1) is 5.77. The molecule has 2 heterocycles. The summed E-state index contributed by atoms with van der Waals surface area (Å²) in [7, 11) is 0. The molecule has 12 heavy (non-hydrogen) atoms. The molecule has 4 heteroatoms. The molecule has 0 aromatic carbocycles. The summed E-state index contributed by atoms with van der Waals surface area (Å²) in [4.78, 5) is 17.2. The van der Waals surface area contributed by atoms with E-state index in [1.165, 1.54) is 24.4 Å². The summed E-state index contributed by atoms with van der Waals surface area (Å²) in [6.45, 7) is 0. The molecular weight excluding hydrogens is 156 g/mol. The van der Waals surface area contributed by atoms with E-state index in [4.69, 9.17) is 0 Å². The molecule has 0 aliphatic rings. The van der Waals surface area contributed by atoms with Crippen molar-refractivity contribution in [3.05, 3.63) is 34.7 Å². The Labute approximate surface area is 67.5 Å². The van der Waals surface area contributed by atoms with Gasteiger partial charge in [-0.2, -0.15) is 0 Å². The van der Waals surface area contributed by atoms with Crippen molar-refractivity contribution in [1.82, 2.24) is 9.97 Å². The maximum Gasteiger partial charge on any atom is 0.249 e. The number of aromatic nitrogens is 2. The number of fused-ring (bicyclic) bond motifs is 1. The van der Waals surface area contributed by atoms with E-state index in [0.29, 0.717) is 11.0 Å². The Balaban J connectivity index is 2.96. The second-order valence-corrected chi connectivity index (χ2v) is 2.41. The van der Waals surface area contributed by atoms with Crippen molar-refractivity contribution < 1.29 is 5.11 Å². The Kier molecular flexibility index (Phi) is 1.33. The van der Waals surface area contributed by atoms with Crippen LogP contribution in [0.15, 0.2) is 29.2 Å². The van der Waals surface area contributed by atoms with Crippen LogP contribution in [-0.2, 0) is 0 Å². The molecule has 2 aromatic heterocycles. The molecule has 0 aliphatic carbocycles. The number of aromatic hydroxyl groups is 1. The average Bonchev–Trinajstić information content (AvgIpc) is 2.04. The van der Waals surface area contributed by atoms with Gasteiger partial charge >= 0.3 is 0 Å². The van der Waals surface area contributed by atoms with Crippen LogP contribution in [0.4, 0.5) is 0 Å². The van der Waals surface area contributed by atoms with Gasteiger partial charge in [0.15, 0.2) is 0 Å². The predicted octanol–water partition coefficient (Wildman–Crippen LogP) is 0.629. The smallest absolute Gasteiger partial charge is 0.249 e. The molecule has 0 amide bonds. The number of aromatic amines is 1. The first-order valence-electron chi connectivity index (χ1n) is 3.44. The number of pyridine rings is 2. The van der Waals surface area contributed by atoms with Gasteiger partial charge in [-0.25, -0.2) is 4.98 Å². The van der Waals surface area contributed by atoms with Crippen LogP contribution in [0.2, 0.25) is 0 Å². The summed E-state index contributed by atoms with van der Waals surface area (Å²) in [5, 5.41) is 9.85. The normalized spacial score (nSPS) is 10.3. The third kappa shape index (κ3) is 0.934. The van der Waals surface area contributed by atoms with E-state index < -0.39 is 0 Å². The van der Waals surface area contributed by atoms with Gasteiger partial charge in [-0.05, 0) is 12.1 Å². The van der Waals surface area contributed by atoms with Crippen molar-refractivity contribution in [3.63, 3.8) is 0 Å². The van der Waals surface area contributed by atoms with E-state index >= 15 is 0 Å². The highest BCUT2D eigenvalue weighted by Crippen LogP contribution is 2.18. The SMILES string of the molecule is O=c1ccc2c(O)ccnc2[nH]1. The van der Waals surface area contributed by atoms with Crippen LogP contribution in [0.1, 0.15) is 0 Å². The van der Waals surface area contributed by atoms with Crippen molar-refractivity contribution in [2.45, 2.75) is 0 Å². The summed E-state index contributed by atoms with van der Waals surface area (Å²) in [6.07, 6.45) is 1.44. The maximum absolute atomic E-state index is 10.8. The van der Waals surface area contributed by atoms with Crippen LogP contribution >= 0.6 is 0 Å². The molecule has 0 spiro atoms. The number of hydrogen-bond acceptors (Lipinski definition) is 3. The van der Waals surface area contributed by atoms with Crippen LogP contribution in [0, 0.1) is 0 Å². The first kappa shape index (κ1) is 6.84. The Bertz CT molecular complexity index is 476. The van der Waals surface area contributed by atoms with Gasteiger partial charge in [0.2, 0.25) is 5.56 Å². The second-order valence-electron chi connectivity index (χ2n) is 2.41. The van der Waals surface area contributed by atoms with E-state index in [1.54, 1.807) is 0 Å². The molecule has 0 bridgehead atoms. The zero-order valence-corrected chi connectivity index (χ0v) is 6.11. The number of rotatable bonds is 0. The molecule has 2 aromatic rings. The summed E-state index contributed by atoms with van der Waals surface area (Å²) >= 11 is 0. The molecular formula is C8H6N2O2. The van der Waals surface area contributed by atoms with E-state index in [2.05, 4.69) is 9.97 Å². The highest BCUT2D eigenvalue weighted by Gasteiger charge is 1.98. The van der Waals surface area contributed by atoms with Crippen molar-refractivity contribution >= 4 is 11.0 Å². The van der Waals surface area contributed by atoms with E-state index in [-0.39, 0.29) is 11.3 Å². The molecule has 2 rings (SSSR count). The molecule has 0 atom stereocenters. The van der Waals surface area contributed by atoms with Crippen molar-refractivity contribution in [3.8, 4) is 5.75 Å². The highest BCUT2D eigenvalue weighted by atomic mass is 16.3.